The van der Waals surface area contributed by atoms with Crippen molar-refractivity contribution in [1.82, 2.24) is 5.01 Å². The van der Waals surface area contributed by atoms with Crippen LogP contribution in [0.3, 0.4) is 0 Å². The molecule has 2 aliphatic heterocycles. The van der Waals surface area contributed by atoms with Gasteiger partial charge in [-0.1, -0.05) is 22.9 Å². The highest BCUT2D eigenvalue weighted by atomic mass is 79.9. The van der Waals surface area contributed by atoms with E-state index in [-0.39, 0.29) is 11.9 Å². The Kier molecular flexibility index (Phi) is 3.09. The van der Waals surface area contributed by atoms with E-state index in [2.05, 4.69) is 21.0 Å². The summed E-state index contributed by atoms with van der Waals surface area (Å²) in [5.74, 6) is 0.748. The van der Waals surface area contributed by atoms with Crippen molar-refractivity contribution in [2.24, 2.45) is 5.10 Å². The lowest BCUT2D eigenvalue weighted by Gasteiger charge is -2.20. The summed E-state index contributed by atoms with van der Waals surface area (Å²) in [6, 6.07) is 5.85. The third kappa shape index (κ3) is 2.06. The zero-order valence-corrected chi connectivity index (χ0v) is 12.5. The highest BCUT2D eigenvalue weighted by molar-refractivity contribution is 9.10. The van der Waals surface area contributed by atoms with Gasteiger partial charge in [0.15, 0.2) is 6.10 Å². The van der Waals surface area contributed by atoms with Crippen molar-refractivity contribution in [2.75, 3.05) is 0 Å². The molecule has 0 saturated carbocycles. The van der Waals surface area contributed by atoms with Crippen molar-refractivity contribution in [3.05, 3.63) is 28.2 Å². The minimum Gasteiger partial charge on any atom is -0.480 e. The lowest BCUT2D eigenvalue weighted by molar-refractivity contribution is -0.139. The fourth-order valence-corrected chi connectivity index (χ4v) is 2.98. The van der Waals surface area contributed by atoms with Gasteiger partial charge in [-0.05, 0) is 31.5 Å². The predicted molar refractivity (Wildman–Crippen MR) is 76.2 cm³/mol. The van der Waals surface area contributed by atoms with E-state index in [1.54, 1.807) is 5.01 Å². The molecule has 19 heavy (non-hydrogen) atoms. The van der Waals surface area contributed by atoms with Gasteiger partial charge in [-0.15, -0.1) is 0 Å². The van der Waals surface area contributed by atoms with Crippen LogP contribution in [0.25, 0.3) is 0 Å². The van der Waals surface area contributed by atoms with Gasteiger partial charge in [0, 0.05) is 22.2 Å². The van der Waals surface area contributed by atoms with Gasteiger partial charge in [-0.3, -0.25) is 4.79 Å². The number of fused-ring (bicyclic) bond motifs is 3. The van der Waals surface area contributed by atoms with Crippen LogP contribution >= 0.6 is 15.9 Å². The molecule has 2 heterocycles. The molecule has 0 aromatic heterocycles. The topological polar surface area (TPSA) is 41.9 Å². The smallest absolute Gasteiger partial charge is 0.284 e. The summed E-state index contributed by atoms with van der Waals surface area (Å²) >= 11 is 3.48. The van der Waals surface area contributed by atoms with E-state index in [0.29, 0.717) is 6.42 Å². The van der Waals surface area contributed by atoms with Gasteiger partial charge >= 0.3 is 0 Å². The Balaban J connectivity index is 2.12. The minimum atomic E-state index is -0.445. The molecule has 0 N–H and O–H groups in total. The molecule has 0 bridgehead atoms. The Labute approximate surface area is 120 Å². The number of carbonyl (C=O) groups is 1. The summed E-state index contributed by atoms with van der Waals surface area (Å²) in [5.41, 5.74) is 2.01. The van der Waals surface area contributed by atoms with Crippen LogP contribution < -0.4 is 4.74 Å². The molecule has 0 aliphatic carbocycles. The lowest BCUT2D eigenvalue weighted by atomic mass is 10.0. The van der Waals surface area contributed by atoms with E-state index in [1.165, 1.54) is 0 Å². The summed E-state index contributed by atoms with van der Waals surface area (Å²) in [7, 11) is 0. The number of benzene rings is 1. The molecule has 1 aromatic carbocycles. The molecule has 0 saturated heterocycles. The zero-order valence-electron chi connectivity index (χ0n) is 10.9. The summed E-state index contributed by atoms with van der Waals surface area (Å²) in [6.07, 6.45) is 0.973. The number of rotatable bonds is 1. The summed E-state index contributed by atoms with van der Waals surface area (Å²) in [5, 5.41) is 5.98. The summed E-state index contributed by atoms with van der Waals surface area (Å²) < 4.78 is 6.85. The van der Waals surface area contributed by atoms with Crippen LogP contribution in [0.1, 0.15) is 38.3 Å². The van der Waals surface area contributed by atoms with Crippen molar-refractivity contribution in [3.8, 4) is 5.75 Å². The maximum absolute atomic E-state index is 12.4. The number of carbonyl (C=O) groups excluding carboxylic acids is 1. The van der Waals surface area contributed by atoms with Gasteiger partial charge in [0.05, 0.1) is 6.04 Å². The first-order chi connectivity index (χ1) is 9.10. The van der Waals surface area contributed by atoms with Gasteiger partial charge in [-0.25, -0.2) is 5.01 Å². The average Bonchev–Trinajstić information content (AvgIpc) is 2.74. The normalized spacial score (nSPS) is 25.3. The predicted octanol–water partition coefficient (Wildman–Crippen LogP) is 3.27. The van der Waals surface area contributed by atoms with Crippen molar-refractivity contribution in [3.63, 3.8) is 0 Å². The third-order valence-electron chi connectivity index (χ3n) is 3.53. The lowest BCUT2D eigenvalue weighted by Crippen LogP contribution is -2.36. The van der Waals surface area contributed by atoms with Crippen molar-refractivity contribution < 1.29 is 9.53 Å². The molecular formula is C14H15BrN2O2. The SMILES string of the molecule is CCC1Oc2ccc(Br)cc2C2CC(C)=NN2C1=O. The summed E-state index contributed by atoms with van der Waals surface area (Å²) in [4.78, 5) is 12.4. The van der Waals surface area contributed by atoms with Gasteiger partial charge < -0.3 is 4.74 Å². The first-order valence-electron chi connectivity index (χ1n) is 6.43. The van der Waals surface area contributed by atoms with E-state index < -0.39 is 6.10 Å². The molecule has 0 fully saturated rings. The van der Waals surface area contributed by atoms with Crippen molar-refractivity contribution >= 4 is 27.5 Å². The maximum Gasteiger partial charge on any atom is 0.284 e. The van der Waals surface area contributed by atoms with Gasteiger partial charge in [0.2, 0.25) is 0 Å². The Morgan fingerprint density at radius 3 is 3.05 bits per heavy atom. The van der Waals surface area contributed by atoms with Crippen LogP contribution in [0.15, 0.2) is 27.8 Å². The van der Waals surface area contributed by atoms with Crippen molar-refractivity contribution in [2.45, 2.75) is 38.8 Å². The van der Waals surface area contributed by atoms with Crippen LogP contribution in [0.2, 0.25) is 0 Å². The van der Waals surface area contributed by atoms with E-state index in [1.807, 2.05) is 32.0 Å². The van der Waals surface area contributed by atoms with Crippen molar-refractivity contribution in [1.29, 1.82) is 0 Å². The second-order valence-electron chi connectivity index (χ2n) is 4.93. The second-order valence-corrected chi connectivity index (χ2v) is 5.85. The first-order valence-corrected chi connectivity index (χ1v) is 7.22. The largest absolute Gasteiger partial charge is 0.480 e. The monoisotopic (exact) mass is 322 g/mol. The molecule has 1 amide bonds. The fraction of sp³-hybridized carbons (Fsp3) is 0.429. The number of ether oxygens (including phenoxy) is 1. The Morgan fingerprint density at radius 1 is 1.53 bits per heavy atom. The standard InChI is InChI=1S/C14H15BrN2O2/c1-3-12-14(18)17-11(6-8(2)16-17)10-7-9(15)4-5-13(10)19-12/h4-5,7,11-12H,3,6H2,1-2H3. The molecule has 2 atom stereocenters. The number of halogens is 1. The van der Waals surface area contributed by atoms with E-state index in [0.717, 1.165) is 27.9 Å². The molecular weight excluding hydrogens is 308 g/mol. The number of hydrazone groups is 1. The number of amides is 1. The molecule has 1 aromatic rings. The Morgan fingerprint density at radius 2 is 2.32 bits per heavy atom. The first kappa shape index (κ1) is 12.7. The minimum absolute atomic E-state index is 0.0310. The molecule has 0 radical (unpaired) electrons. The van der Waals surface area contributed by atoms with E-state index >= 15 is 0 Å². The fourth-order valence-electron chi connectivity index (χ4n) is 2.60. The molecule has 2 aliphatic rings. The molecule has 3 rings (SSSR count). The van der Waals surface area contributed by atoms with Crippen LogP contribution in [0, 0.1) is 0 Å². The van der Waals surface area contributed by atoms with Crippen LogP contribution in [-0.2, 0) is 4.79 Å². The third-order valence-corrected chi connectivity index (χ3v) is 4.03. The Bertz CT molecular complexity index is 571. The number of hydrogen-bond acceptors (Lipinski definition) is 3. The van der Waals surface area contributed by atoms with Crippen LogP contribution in [0.4, 0.5) is 0 Å². The quantitative estimate of drug-likeness (QED) is 0.796. The molecule has 5 heteroatoms. The van der Waals surface area contributed by atoms with E-state index in [4.69, 9.17) is 4.74 Å². The van der Waals surface area contributed by atoms with Gasteiger partial charge in [0.25, 0.3) is 5.91 Å². The molecule has 4 nitrogen and oxygen atoms in total. The average molecular weight is 323 g/mol. The van der Waals surface area contributed by atoms with Gasteiger partial charge in [-0.2, -0.15) is 5.10 Å². The highest BCUT2D eigenvalue weighted by Crippen LogP contribution is 2.41. The summed E-state index contributed by atoms with van der Waals surface area (Å²) in [6.45, 7) is 3.91. The highest BCUT2D eigenvalue weighted by Gasteiger charge is 2.39. The van der Waals surface area contributed by atoms with E-state index in [9.17, 15) is 4.79 Å². The van der Waals surface area contributed by atoms with Gasteiger partial charge in [0.1, 0.15) is 5.75 Å². The Hall–Kier alpha value is -1.36. The zero-order chi connectivity index (χ0) is 13.6. The second kappa shape index (κ2) is 4.63. The maximum atomic E-state index is 12.4. The van der Waals surface area contributed by atoms with Crippen LogP contribution in [0.5, 0.6) is 5.75 Å². The number of nitrogens with zero attached hydrogens (tertiary/aromatic N) is 2. The van der Waals surface area contributed by atoms with Crippen LogP contribution in [-0.4, -0.2) is 22.7 Å². The molecule has 2 unspecified atom stereocenters. The molecule has 100 valence electrons. The number of hydrogen-bond donors (Lipinski definition) is 0. The molecule has 0 spiro atoms.